The predicted octanol–water partition coefficient (Wildman–Crippen LogP) is 3.06. The van der Waals surface area contributed by atoms with Crippen LogP contribution in [0.4, 0.5) is 5.82 Å². The number of nitrogens with zero attached hydrogens (tertiary/aromatic N) is 2. The van der Waals surface area contributed by atoms with E-state index in [-0.39, 0.29) is 5.91 Å². The zero-order valence-corrected chi connectivity index (χ0v) is 14.0. The highest BCUT2D eigenvalue weighted by Crippen LogP contribution is 2.23. The molecule has 23 heavy (non-hydrogen) atoms. The Hall–Kier alpha value is -2.16. The van der Waals surface area contributed by atoms with E-state index in [0.717, 1.165) is 16.2 Å². The standard InChI is InChI=1S/C14H11ClN4O2S2/c15-11-4-1-8(22-11)7-19-12(5-6-17-19)18-14(21)10-3-2-9(23-10)13(16)20/h1-6H,7H2,(H2,16,20)(H,18,21). The normalized spacial score (nSPS) is 10.7. The predicted molar refractivity (Wildman–Crippen MR) is 91.4 cm³/mol. The number of carbonyl (C=O) groups excluding carboxylic acids is 2. The summed E-state index contributed by atoms with van der Waals surface area (Å²) in [4.78, 5) is 25.1. The van der Waals surface area contributed by atoms with Crippen molar-refractivity contribution in [2.75, 3.05) is 5.32 Å². The van der Waals surface area contributed by atoms with Crippen molar-refractivity contribution < 1.29 is 9.59 Å². The molecule has 0 aliphatic rings. The van der Waals surface area contributed by atoms with Crippen LogP contribution in [0.5, 0.6) is 0 Å². The fourth-order valence-electron chi connectivity index (χ4n) is 1.92. The number of rotatable bonds is 5. The summed E-state index contributed by atoms with van der Waals surface area (Å²) in [7, 11) is 0. The van der Waals surface area contributed by atoms with Crippen LogP contribution in [0.25, 0.3) is 0 Å². The Kier molecular flexibility index (Phi) is 4.46. The Labute approximate surface area is 144 Å². The van der Waals surface area contributed by atoms with Gasteiger partial charge in [-0.15, -0.1) is 22.7 Å². The molecule has 0 spiro atoms. The van der Waals surface area contributed by atoms with E-state index >= 15 is 0 Å². The summed E-state index contributed by atoms with van der Waals surface area (Å²) >= 11 is 8.43. The average Bonchev–Trinajstić information content (AvgIpc) is 3.21. The number of nitrogens with two attached hydrogens (primary N) is 1. The zero-order valence-electron chi connectivity index (χ0n) is 11.7. The van der Waals surface area contributed by atoms with E-state index < -0.39 is 5.91 Å². The molecule has 0 aliphatic carbocycles. The molecule has 0 bridgehead atoms. The van der Waals surface area contributed by atoms with E-state index in [2.05, 4.69) is 10.4 Å². The Morgan fingerprint density at radius 1 is 1.17 bits per heavy atom. The van der Waals surface area contributed by atoms with Crippen LogP contribution in [0.15, 0.2) is 36.5 Å². The summed E-state index contributed by atoms with van der Waals surface area (Å²) in [6, 6.07) is 8.54. The first kappa shape index (κ1) is 15.7. The van der Waals surface area contributed by atoms with Gasteiger partial charge in [-0.1, -0.05) is 11.6 Å². The Balaban J connectivity index is 1.74. The summed E-state index contributed by atoms with van der Waals surface area (Å²) in [5.41, 5.74) is 5.19. The molecule has 0 aliphatic heterocycles. The lowest BCUT2D eigenvalue weighted by Gasteiger charge is -2.07. The van der Waals surface area contributed by atoms with Gasteiger partial charge < -0.3 is 11.1 Å². The maximum Gasteiger partial charge on any atom is 0.266 e. The number of primary amides is 1. The molecule has 0 saturated carbocycles. The molecule has 0 radical (unpaired) electrons. The third kappa shape index (κ3) is 3.61. The van der Waals surface area contributed by atoms with Crippen molar-refractivity contribution in [1.29, 1.82) is 0 Å². The Morgan fingerprint density at radius 2 is 1.96 bits per heavy atom. The SMILES string of the molecule is NC(=O)c1ccc(C(=O)Nc2ccnn2Cc2ccc(Cl)s2)s1. The first-order chi connectivity index (χ1) is 11.0. The number of hydrogen-bond donors (Lipinski definition) is 2. The van der Waals surface area contributed by atoms with Crippen LogP contribution in [-0.2, 0) is 6.54 Å². The maximum absolute atomic E-state index is 12.2. The molecule has 118 valence electrons. The summed E-state index contributed by atoms with van der Waals surface area (Å²) in [5, 5.41) is 6.97. The minimum atomic E-state index is -0.548. The van der Waals surface area contributed by atoms with Crippen LogP contribution >= 0.6 is 34.3 Å². The van der Waals surface area contributed by atoms with Crippen LogP contribution in [0.2, 0.25) is 4.34 Å². The molecule has 6 nitrogen and oxygen atoms in total. The molecule has 0 fully saturated rings. The van der Waals surface area contributed by atoms with Gasteiger partial charge in [-0.05, 0) is 24.3 Å². The third-order valence-corrected chi connectivity index (χ3v) is 5.28. The second-order valence-electron chi connectivity index (χ2n) is 4.56. The van der Waals surface area contributed by atoms with Gasteiger partial charge in [-0.25, -0.2) is 4.68 Å². The van der Waals surface area contributed by atoms with E-state index in [9.17, 15) is 9.59 Å². The van der Waals surface area contributed by atoms with E-state index in [1.165, 1.54) is 17.4 Å². The molecule has 0 aromatic carbocycles. The number of nitrogens with one attached hydrogen (secondary N) is 1. The van der Waals surface area contributed by atoms with Crippen molar-refractivity contribution in [3.05, 3.63) is 55.5 Å². The van der Waals surface area contributed by atoms with Gasteiger partial charge in [0.05, 0.1) is 26.8 Å². The highest BCUT2D eigenvalue weighted by Gasteiger charge is 2.14. The number of thiophene rings is 2. The van der Waals surface area contributed by atoms with Gasteiger partial charge in [0, 0.05) is 10.9 Å². The van der Waals surface area contributed by atoms with E-state index in [4.69, 9.17) is 17.3 Å². The molecule has 0 unspecified atom stereocenters. The summed E-state index contributed by atoms with van der Waals surface area (Å²) < 4.78 is 2.37. The quantitative estimate of drug-likeness (QED) is 0.727. The zero-order chi connectivity index (χ0) is 16.4. The molecule has 3 rings (SSSR count). The molecule has 9 heteroatoms. The number of carbonyl (C=O) groups is 2. The Morgan fingerprint density at radius 3 is 2.61 bits per heavy atom. The second kappa shape index (κ2) is 6.53. The monoisotopic (exact) mass is 366 g/mol. The van der Waals surface area contributed by atoms with Crippen LogP contribution in [0.1, 0.15) is 24.2 Å². The second-order valence-corrected chi connectivity index (χ2v) is 7.45. The third-order valence-electron chi connectivity index (χ3n) is 2.97. The first-order valence-corrected chi connectivity index (χ1v) is 8.51. The largest absolute Gasteiger partial charge is 0.365 e. The van der Waals surface area contributed by atoms with E-state index in [1.807, 2.05) is 12.1 Å². The van der Waals surface area contributed by atoms with Gasteiger partial charge >= 0.3 is 0 Å². The van der Waals surface area contributed by atoms with Crippen LogP contribution in [0, 0.1) is 0 Å². The first-order valence-electron chi connectivity index (χ1n) is 6.50. The lowest BCUT2D eigenvalue weighted by molar-refractivity contribution is 0.100. The van der Waals surface area contributed by atoms with Crippen molar-refractivity contribution in [3.63, 3.8) is 0 Å². The van der Waals surface area contributed by atoms with Gasteiger partial charge in [-0.2, -0.15) is 5.10 Å². The molecular formula is C14H11ClN4O2S2. The molecule has 3 heterocycles. The van der Waals surface area contributed by atoms with Gasteiger partial charge in [-0.3, -0.25) is 9.59 Å². The number of aromatic nitrogens is 2. The molecule has 3 N–H and O–H groups in total. The van der Waals surface area contributed by atoms with Crippen molar-refractivity contribution in [2.24, 2.45) is 5.73 Å². The molecule has 0 saturated heterocycles. The number of anilines is 1. The fraction of sp³-hybridized carbons (Fsp3) is 0.0714. The average molecular weight is 367 g/mol. The molecule has 3 aromatic heterocycles. The fourth-order valence-corrected chi connectivity index (χ4v) is 3.74. The van der Waals surface area contributed by atoms with Gasteiger partial charge in [0.2, 0.25) is 0 Å². The van der Waals surface area contributed by atoms with Gasteiger partial charge in [0.15, 0.2) is 0 Å². The lowest BCUT2D eigenvalue weighted by atomic mass is 10.4. The molecular weight excluding hydrogens is 356 g/mol. The summed E-state index contributed by atoms with van der Waals surface area (Å²) in [5.74, 6) is -0.296. The van der Waals surface area contributed by atoms with Crippen molar-refractivity contribution in [1.82, 2.24) is 9.78 Å². The highest BCUT2D eigenvalue weighted by molar-refractivity contribution is 7.16. The van der Waals surface area contributed by atoms with Crippen LogP contribution in [0.3, 0.4) is 0 Å². The van der Waals surface area contributed by atoms with Crippen molar-refractivity contribution >= 4 is 51.9 Å². The molecule has 3 aromatic rings. The van der Waals surface area contributed by atoms with Crippen LogP contribution in [-0.4, -0.2) is 21.6 Å². The highest BCUT2D eigenvalue weighted by atomic mass is 35.5. The number of hydrogen-bond acceptors (Lipinski definition) is 5. The van der Waals surface area contributed by atoms with Gasteiger partial charge in [0.1, 0.15) is 5.82 Å². The topological polar surface area (TPSA) is 90.0 Å². The summed E-state index contributed by atoms with van der Waals surface area (Å²) in [6.45, 7) is 0.511. The van der Waals surface area contributed by atoms with Gasteiger partial charge in [0.25, 0.3) is 11.8 Å². The smallest absolute Gasteiger partial charge is 0.266 e. The van der Waals surface area contributed by atoms with Crippen molar-refractivity contribution in [3.8, 4) is 0 Å². The summed E-state index contributed by atoms with van der Waals surface area (Å²) in [6.07, 6.45) is 1.61. The lowest BCUT2D eigenvalue weighted by Crippen LogP contribution is -2.15. The minimum absolute atomic E-state index is 0.312. The maximum atomic E-state index is 12.2. The number of amides is 2. The van der Waals surface area contributed by atoms with E-state index in [1.54, 1.807) is 23.0 Å². The van der Waals surface area contributed by atoms with E-state index in [0.29, 0.717) is 26.5 Å². The van der Waals surface area contributed by atoms with Crippen LogP contribution < -0.4 is 11.1 Å². The Bertz CT molecular complexity index is 868. The molecule has 0 atom stereocenters. The molecule has 2 amide bonds. The van der Waals surface area contributed by atoms with Crippen molar-refractivity contribution in [2.45, 2.75) is 6.54 Å². The minimum Gasteiger partial charge on any atom is -0.365 e. The number of halogens is 1.